The van der Waals surface area contributed by atoms with Crippen molar-refractivity contribution in [2.24, 2.45) is 0 Å². The molecule has 0 aromatic carbocycles. The molecule has 0 spiro atoms. The minimum absolute atomic E-state index is 0.497. The summed E-state index contributed by atoms with van der Waals surface area (Å²) in [6.45, 7) is 4.31. The Balaban J connectivity index is 2.15. The minimum Gasteiger partial charge on any atom is -0.378 e. The largest absolute Gasteiger partial charge is 0.378 e. The summed E-state index contributed by atoms with van der Waals surface area (Å²) in [4.78, 5) is 0. The van der Waals surface area contributed by atoms with Gasteiger partial charge in [0, 0.05) is 6.61 Å². The van der Waals surface area contributed by atoms with E-state index in [1.165, 1.54) is 32.1 Å². The van der Waals surface area contributed by atoms with Gasteiger partial charge in [0.25, 0.3) is 0 Å². The number of rotatable bonds is 2. The van der Waals surface area contributed by atoms with Gasteiger partial charge in [-0.15, -0.1) is 0 Å². The van der Waals surface area contributed by atoms with Crippen molar-refractivity contribution >= 4 is 0 Å². The first-order chi connectivity index (χ1) is 4.93. The Hall–Kier alpha value is -0.0400. The van der Waals surface area contributed by atoms with Crippen LogP contribution in [0.4, 0.5) is 0 Å². The maximum atomic E-state index is 5.43. The van der Waals surface area contributed by atoms with Gasteiger partial charge in [-0.1, -0.05) is 12.8 Å². The highest BCUT2D eigenvalue weighted by molar-refractivity contribution is 4.74. The fourth-order valence-corrected chi connectivity index (χ4v) is 1.42. The number of hydrogen-bond donors (Lipinski definition) is 0. The summed E-state index contributed by atoms with van der Waals surface area (Å²) < 4.78 is 5.43. The predicted octanol–water partition coefficient (Wildman–Crippen LogP) is 2.37. The van der Waals surface area contributed by atoms with Gasteiger partial charge in [-0.05, 0) is 32.6 Å². The average Bonchev–Trinajstić information content (AvgIpc) is 2.17. The third-order valence-corrected chi connectivity index (χ3v) is 1.98. The number of ether oxygens (including phenoxy) is 1. The van der Waals surface area contributed by atoms with E-state index in [9.17, 15) is 0 Å². The van der Waals surface area contributed by atoms with Crippen LogP contribution in [0.1, 0.15) is 32.1 Å². The van der Waals surface area contributed by atoms with Gasteiger partial charge in [0.05, 0.1) is 6.10 Å². The van der Waals surface area contributed by atoms with Crippen molar-refractivity contribution in [2.45, 2.75) is 38.2 Å². The first kappa shape index (κ1) is 8.06. The Morgan fingerprint density at radius 1 is 1.40 bits per heavy atom. The summed E-state index contributed by atoms with van der Waals surface area (Å²) >= 11 is 0. The molecule has 1 aliphatic rings. The predicted molar refractivity (Wildman–Crippen MR) is 42.5 cm³/mol. The van der Waals surface area contributed by atoms with Crippen LogP contribution in [0.3, 0.4) is 0 Å². The van der Waals surface area contributed by atoms with E-state index in [1.54, 1.807) is 0 Å². The summed E-state index contributed by atoms with van der Waals surface area (Å²) in [6.07, 6.45) is 9.09. The normalized spacial score (nSPS) is 22.5. The molecular formula is C9H16O. The molecule has 58 valence electrons. The van der Waals surface area contributed by atoms with Crippen molar-refractivity contribution in [1.29, 1.82) is 0 Å². The highest BCUT2D eigenvalue weighted by atomic mass is 16.5. The molecule has 1 rings (SSSR count). The lowest BCUT2D eigenvalue weighted by Gasteiger charge is -2.12. The van der Waals surface area contributed by atoms with Crippen LogP contribution in [-0.4, -0.2) is 12.7 Å². The van der Waals surface area contributed by atoms with Crippen molar-refractivity contribution < 1.29 is 4.74 Å². The topological polar surface area (TPSA) is 9.23 Å². The van der Waals surface area contributed by atoms with Gasteiger partial charge in [-0.2, -0.15) is 0 Å². The lowest BCUT2D eigenvalue weighted by Crippen LogP contribution is -2.10. The second-order valence-electron chi connectivity index (χ2n) is 2.79. The van der Waals surface area contributed by atoms with Crippen molar-refractivity contribution in [2.75, 3.05) is 6.61 Å². The molecule has 1 atom stereocenters. The summed E-state index contributed by atoms with van der Waals surface area (Å²) in [6, 6.07) is 0. The first-order valence-electron chi connectivity index (χ1n) is 4.16. The van der Waals surface area contributed by atoms with E-state index >= 15 is 0 Å². The molecule has 0 amide bonds. The van der Waals surface area contributed by atoms with Crippen molar-refractivity contribution in [1.82, 2.24) is 0 Å². The third-order valence-electron chi connectivity index (χ3n) is 1.98. The molecule has 1 saturated carbocycles. The molecule has 0 heterocycles. The van der Waals surface area contributed by atoms with Gasteiger partial charge in [-0.3, -0.25) is 0 Å². The van der Waals surface area contributed by atoms with E-state index in [2.05, 4.69) is 13.3 Å². The molecule has 1 nitrogen and oxygen atoms in total. The van der Waals surface area contributed by atoms with Crippen LogP contribution in [0.25, 0.3) is 0 Å². The highest BCUT2D eigenvalue weighted by Gasteiger charge is 2.10. The smallest absolute Gasteiger partial charge is 0.0575 e. The van der Waals surface area contributed by atoms with E-state index in [4.69, 9.17) is 4.74 Å². The summed E-state index contributed by atoms with van der Waals surface area (Å²) in [7, 11) is 0. The van der Waals surface area contributed by atoms with Crippen LogP contribution in [0.5, 0.6) is 0 Å². The Morgan fingerprint density at radius 3 is 3.10 bits per heavy atom. The molecule has 10 heavy (non-hydrogen) atoms. The van der Waals surface area contributed by atoms with Crippen LogP contribution < -0.4 is 0 Å². The molecule has 0 aliphatic heterocycles. The van der Waals surface area contributed by atoms with E-state index in [1.807, 2.05) is 0 Å². The zero-order chi connectivity index (χ0) is 7.23. The molecular weight excluding hydrogens is 124 g/mol. The molecule has 0 bridgehead atoms. The Bertz CT molecular complexity index is 72.8. The van der Waals surface area contributed by atoms with Gasteiger partial charge in [-0.25, -0.2) is 0 Å². The van der Waals surface area contributed by atoms with Crippen LogP contribution in [0, 0.1) is 13.3 Å². The fourth-order valence-electron chi connectivity index (χ4n) is 1.42. The molecule has 1 aliphatic carbocycles. The Morgan fingerprint density at radius 2 is 2.30 bits per heavy atom. The Labute approximate surface area is 63.8 Å². The van der Waals surface area contributed by atoms with Gasteiger partial charge in [0.2, 0.25) is 0 Å². The molecule has 1 unspecified atom stereocenters. The average molecular weight is 140 g/mol. The van der Waals surface area contributed by atoms with Crippen LogP contribution >= 0.6 is 0 Å². The second kappa shape index (κ2) is 4.73. The molecule has 0 aromatic heterocycles. The maximum Gasteiger partial charge on any atom is 0.0575 e. The monoisotopic (exact) mass is 140 g/mol. The van der Waals surface area contributed by atoms with Gasteiger partial charge < -0.3 is 4.74 Å². The van der Waals surface area contributed by atoms with E-state index < -0.39 is 0 Å². The first-order valence-corrected chi connectivity index (χ1v) is 4.16. The van der Waals surface area contributed by atoms with E-state index in [0.29, 0.717) is 12.7 Å². The standard InChI is InChI=1S/C9H16O/c1-2-10-9-7-5-3-4-6-8-9/h3,9H,1-2,4-8H2. The fraction of sp³-hybridized carbons (Fsp3) is 0.778. The van der Waals surface area contributed by atoms with Gasteiger partial charge >= 0.3 is 0 Å². The van der Waals surface area contributed by atoms with Crippen molar-refractivity contribution in [3.63, 3.8) is 0 Å². The van der Waals surface area contributed by atoms with E-state index in [0.717, 1.165) is 0 Å². The van der Waals surface area contributed by atoms with Crippen LogP contribution in [-0.2, 0) is 4.74 Å². The highest BCUT2D eigenvalue weighted by Crippen LogP contribution is 2.18. The quantitative estimate of drug-likeness (QED) is 0.535. The molecule has 1 fully saturated rings. The van der Waals surface area contributed by atoms with Crippen molar-refractivity contribution in [3.8, 4) is 0 Å². The second-order valence-corrected chi connectivity index (χ2v) is 2.79. The lowest BCUT2D eigenvalue weighted by molar-refractivity contribution is 0.0626. The molecule has 2 radical (unpaired) electrons. The Kier molecular flexibility index (Phi) is 3.81. The zero-order valence-electron chi connectivity index (χ0n) is 6.51. The maximum absolute atomic E-state index is 5.43. The minimum atomic E-state index is 0.497. The molecule has 1 heteroatoms. The third kappa shape index (κ3) is 2.70. The van der Waals surface area contributed by atoms with Crippen LogP contribution in [0.2, 0.25) is 0 Å². The SMILES string of the molecule is [CH2]COC1CC[CH]CCC1. The van der Waals surface area contributed by atoms with Gasteiger partial charge in [0.15, 0.2) is 0 Å². The van der Waals surface area contributed by atoms with Crippen molar-refractivity contribution in [3.05, 3.63) is 13.3 Å². The molecule has 0 N–H and O–H groups in total. The number of hydrogen-bond acceptors (Lipinski definition) is 1. The van der Waals surface area contributed by atoms with Crippen LogP contribution in [0.15, 0.2) is 0 Å². The lowest BCUT2D eigenvalue weighted by atomic mass is 10.2. The van der Waals surface area contributed by atoms with E-state index in [-0.39, 0.29) is 0 Å². The summed E-state index contributed by atoms with van der Waals surface area (Å²) in [5.41, 5.74) is 0. The van der Waals surface area contributed by atoms with Gasteiger partial charge in [0.1, 0.15) is 0 Å². The summed E-state index contributed by atoms with van der Waals surface area (Å²) in [5, 5.41) is 0. The molecule has 0 aromatic rings. The molecule has 0 saturated heterocycles. The zero-order valence-corrected chi connectivity index (χ0v) is 6.51. The summed E-state index contributed by atoms with van der Waals surface area (Å²) in [5.74, 6) is 0.